The number of rotatable bonds is 5. The number of fused-ring (bicyclic) bond motifs is 1. The second kappa shape index (κ2) is 5.55. The molecule has 1 unspecified atom stereocenters. The van der Waals surface area contributed by atoms with Gasteiger partial charge in [-0.25, -0.2) is 0 Å². The Morgan fingerprint density at radius 3 is 2.76 bits per heavy atom. The van der Waals surface area contributed by atoms with E-state index in [-0.39, 0.29) is 18.2 Å². The number of H-pyrrole nitrogens is 1. The van der Waals surface area contributed by atoms with Crippen LogP contribution in [-0.2, 0) is 9.59 Å². The summed E-state index contributed by atoms with van der Waals surface area (Å²) in [7, 11) is 0. The molecule has 0 aliphatic carbocycles. The van der Waals surface area contributed by atoms with Crippen LogP contribution in [0.1, 0.15) is 27.2 Å². The first-order valence-corrected chi connectivity index (χ1v) is 6.79. The minimum absolute atomic E-state index is 0.0660. The summed E-state index contributed by atoms with van der Waals surface area (Å²) in [5.41, 5.74) is 0.431. The third-order valence-electron chi connectivity index (χ3n) is 4.01. The zero-order valence-electron chi connectivity index (χ0n) is 12.3. The predicted octanol–water partition coefficient (Wildman–Crippen LogP) is 2.64. The summed E-state index contributed by atoms with van der Waals surface area (Å²) >= 11 is 0. The number of carboxylic acid groups (broad SMARTS) is 1. The second-order valence-electron chi connectivity index (χ2n) is 5.77. The Morgan fingerprint density at radius 1 is 1.43 bits per heavy atom. The van der Waals surface area contributed by atoms with E-state index in [4.69, 9.17) is 0 Å². The van der Waals surface area contributed by atoms with Crippen LogP contribution in [0.15, 0.2) is 24.4 Å². The second-order valence-corrected chi connectivity index (χ2v) is 5.77. The summed E-state index contributed by atoms with van der Waals surface area (Å²) in [5.74, 6) is -1.41. The number of hydrogen-bond acceptors (Lipinski definition) is 3. The van der Waals surface area contributed by atoms with E-state index in [2.05, 4.69) is 15.5 Å². The van der Waals surface area contributed by atoms with Crippen LogP contribution in [0.5, 0.6) is 0 Å². The Labute approximate surface area is 122 Å². The number of carbonyl (C=O) groups is 2. The lowest BCUT2D eigenvalue weighted by molar-refractivity contribution is -0.153. The molecule has 0 radical (unpaired) electrons. The van der Waals surface area contributed by atoms with Gasteiger partial charge in [-0.3, -0.25) is 14.7 Å². The third kappa shape index (κ3) is 3.04. The molecule has 0 aliphatic heterocycles. The molecule has 1 aromatic heterocycles. The molecule has 21 heavy (non-hydrogen) atoms. The van der Waals surface area contributed by atoms with E-state index in [1.165, 1.54) is 0 Å². The molecular weight excluding hydrogens is 270 g/mol. The van der Waals surface area contributed by atoms with Crippen molar-refractivity contribution in [1.29, 1.82) is 0 Å². The van der Waals surface area contributed by atoms with Crippen molar-refractivity contribution >= 4 is 28.5 Å². The van der Waals surface area contributed by atoms with Gasteiger partial charge in [0.25, 0.3) is 0 Å². The minimum Gasteiger partial charge on any atom is -0.481 e. The van der Waals surface area contributed by atoms with Gasteiger partial charge in [0, 0.05) is 17.5 Å². The van der Waals surface area contributed by atoms with Gasteiger partial charge < -0.3 is 10.4 Å². The smallest absolute Gasteiger partial charge is 0.310 e. The average Bonchev–Trinajstić information content (AvgIpc) is 2.85. The number of aromatic amines is 1. The molecule has 1 heterocycles. The fourth-order valence-corrected chi connectivity index (χ4v) is 2.09. The molecule has 112 valence electrons. The molecule has 2 rings (SSSR count). The van der Waals surface area contributed by atoms with Crippen LogP contribution in [0.2, 0.25) is 0 Å². The van der Waals surface area contributed by atoms with Gasteiger partial charge in [0.15, 0.2) is 0 Å². The summed E-state index contributed by atoms with van der Waals surface area (Å²) in [5, 5.41) is 19.7. The lowest BCUT2D eigenvalue weighted by Crippen LogP contribution is -2.37. The van der Waals surface area contributed by atoms with Gasteiger partial charge in [-0.15, -0.1) is 0 Å². The molecule has 1 aromatic carbocycles. The van der Waals surface area contributed by atoms with Crippen molar-refractivity contribution in [2.24, 2.45) is 11.3 Å². The van der Waals surface area contributed by atoms with Crippen molar-refractivity contribution in [3.05, 3.63) is 24.4 Å². The Bertz CT molecular complexity index is 678. The maximum atomic E-state index is 12.1. The Kier molecular flexibility index (Phi) is 3.97. The lowest BCUT2D eigenvalue weighted by Gasteiger charge is -2.28. The molecule has 0 saturated carbocycles. The van der Waals surface area contributed by atoms with Gasteiger partial charge in [0.1, 0.15) is 0 Å². The topological polar surface area (TPSA) is 95.1 Å². The maximum absolute atomic E-state index is 12.1. The summed E-state index contributed by atoms with van der Waals surface area (Å²) in [4.78, 5) is 23.5. The molecule has 0 spiro atoms. The number of aliphatic carboxylic acids is 1. The Balaban J connectivity index is 2.12. The highest BCUT2D eigenvalue weighted by atomic mass is 16.4. The first-order valence-electron chi connectivity index (χ1n) is 6.79. The van der Waals surface area contributed by atoms with Crippen LogP contribution >= 0.6 is 0 Å². The number of aromatic nitrogens is 2. The summed E-state index contributed by atoms with van der Waals surface area (Å²) in [6.07, 6.45) is 1.60. The van der Waals surface area contributed by atoms with Gasteiger partial charge in [-0.1, -0.05) is 13.8 Å². The number of nitrogens with zero attached hydrogens (tertiary/aromatic N) is 1. The first kappa shape index (κ1) is 15.0. The highest BCUT2D eigenvalue weighted by Crippen LogP contribution is 2.31. The zero-order valence-corrected chi connectivity index (χ0v) is 12.3. The van der Waals surface area contributed by atoms with Crippen molar-refractivity contribution in [2.45, 2.75) is 27.2 Å². The molecule has 6 heteroatoms. The molecule has 1 atom stereocenters. The minimum atomic E-state index is -1.08. The van der Waals surface area contributed by atoms with Gasteiger partial charge >= 0.3 is 5.97 Å². The van der Waals surface area contributed by atoms with Gasteiger partial charge in [0.05, 0.1) is 17.1 Å². The number of hydrogen-bond donors (Lipinski definition) is 3. The average molecular weight is 289 g/mol. The number of amides is 1. The quantitative estimate of drug-likeness (QED) is 0.788. The Hall–Kier alpha value is -2.37. The van der Waals surface area contributed by atoms with E-state index < -0.39 is 11.4 Å². The monoisotopic (exact) mass is 289 g/mol. The number of anilines is 1. The van der Waals surface area contributed by atoms with Crippen molar-refractivity contribution < 1.29 is 14.7 Å². The van der Waals surface area contributed by atoms with E-state index in [1.54, 1.807) is 39.1 Å². The number of carbonyl (C=O) groups excluding carboxylic acids is 1. The number of nitrogens with one attached hydrogen (secondary N) is 2. The molecule has 2 aromatic rings. The summed E-state index contributed by atoms with van der Waals surface area (Å²) in [6, 6.07) is 5.37. The van der Waals surface area contributed by atoms with Crippen LogP contribution in [0, 0.1) is 11.3 Å². The molecule has 0 bridgehead atoms. The standard InChI is InChI=1S/C15H19N3O3/c1-9(2)15(3,14(20)21)7-13(19)17-11-4-5-12-10(6-11)8-16-18-12/h4-6,8-9H,7H2,1-3H3,(H,16,18)(H,17,19)(H,20,21). The lowest BCUT2D eigenvalue weighted by atomic mass is 9.76. The van der Waals surface area contributed by atoms with Crippen LogP contribution in [-0.4, -0.2) is 27.2 Å². The highest BCUT2D eigenvalue weighted by molar-refractivity contribution is 5.96. The fraction of sp³-hybridized carbons (Fsp3) is 0.400. The fourth-order valence-electron chi connectivity index (χ4n) is 2.09. The summed E-state index contributed by atoms with van der Waals surface area (Å²) in [6.45, 7) is 5.21. The predicted molar refractivity (Wildman–Crippen MR) is 79.9 cm³/mol. The maximum Gasteiger partial charge on any atom is 0.310 e. The van der Waals surface area contributed by atoms with Crippen LogP contribution in [0.25, 0.3) is 10.9 Å². The zero-order chi connectivity index (χ0) is 15.6. The largest absolute Gasteiger partial charge is 0.481 e. The normalized spacial score (nSPS) is 14.1. The number of carboxylic acids is 1. The molecule has 3 N–H and O–H groups in total. The number of benzene rings is 1. The molecule has 0 saturated heterocycles. The third-order valence-corrected chi connectivity index (χ3v) is 4.01. The van der Waals surface area contributed by atoms with Crippen molar-refractivity contribution in [3.63, 3.8) is 0 Å². The van der Waals surface area contributed by atoms with Crippen LogP contribution < -0.4 is 5.32 Å². The van der Waals surface area contributed by atoms with Gasteiger partial charge in [-0.05, 0) is 31.0 Å². The van der Waals surface area contributed by atoms with Gasteiger partial charge in [-0.2, -0.15) is 5.10 Å². The SMILES string of the molecule is CC(C)C(C)(CC(=O)Nc1ccc2[nH]ncc2c1)C(=O)O. The van der Waals surface area contributed by atoms with Gasteiger partial charge in [0.2, 0.25) is 5.91 Å². The van der Waals surface area contributed by atoms with E-state index in [1.807, 2.05) is 6.07 Å². The van der Waals surface area contributed by atoms with Crippen LogP contribution in [0.3, 0.4) is 0 Å². The van der Waals surface area contributed by atoms with Crippen molar-refractivity contribution in [1.82, 2.24) is 10.2 Å². The highest BCUT2D eigenvalue weighted by Gasteiger charge is 2.38. The van der Waals surface area contributed by atoms with E-state index >= 15 is 0 Å². The molecular formula is C15H19N3O3. The van der Waals surface area contributed by atoms with Crippen LogP contribution in [0.4, 0.5) is 5.69 Å². The van der Waals surface area contributed by atoms with Crippen molar-refractivity contribution in [3.8, 4) is 0 Å². The first-order chi connectivity index (χ1) is 9.83. The molecule has 0 aliphatic rings. The van der Waals surface area contributed by atoms with E-state index in [0.29, 0.717) is 5.69 Å². The van der Waals surface area contributed by atoms with E-state index in [9.17, 15) is 14.7 Å². The molecule has 1 amide bonds. The molecule has 6 nitrogen and oxygen atoms in total. The van der Waals surface area contributed by atoms with Crippen molar-refractivity contribution in [2.75, 3.05) is 5.32 Å². The Morgan fingerprint density at radius 2 is 2.14 bits per heavy atom. The molecule has 0 fully saturated rings. The summed E-state index contributed by atoms with van der Waals surface area (Å²) < 4.78 is 0. The van der Waals surface area contributed by atoms with E-state index in [0.717, 1.165) is 10.9 Å².